The Balaban J connectivity index is 1.60. The Morgan fingerprint density at radius 3 is 2.48 bits per heavy atom. The van der Waals surface area contributed by atoms with Gasteiger partial charge in [-0.2, -0.15) is 0 Å². The molecule has 0 spiro atoms. The van der Waals surface area contributed by atoms with E-state index in [1.54, 1.807) is 18.2 Å². The minimum Gasteiger partial charge on any atom is -0.326 e. The molecule has 0 aromatic heterocycles. The summed E-state index contributed by atoms with van der Waals surface area (Å²) in [7, 11) is -3.75. The average Bonchev–Trinajstić information content (AvgIpc) is 2.68. The summed E-state index contributed by atoms with van der Waals surface area (Å²) in [5.41, 5.74) is 0.536. The van der Waals surface area contributed by atoms with E-state index in [-0.39, 0.29) is 35.5 Å². The number of hydrogen-bond donors (Lipinski definition) is 1. The molecule has 1 N–H and O–H groups in total. The number of anilines is 1. The fraction of sp³-hybridized carbons (Fsp3) is 0.316. The highest BCUT2D eigenvalue weighted by atomic mass is 79.9. The van der Waals surface area contributed by atoms with Gasteiger partial charge in [-0.3, -0.25) is 4.79 Å². The van der Waals surface area contributed by atoms with Crippen molar-refractivity contribution in [1.29, 1.82) is 0 Å². The Labute approximate surface area is 187 Å². The van der Waals surface area contributed by atoms with E-state index >= 15 is 0 Å². The molecule has 29 heavy (non-hydrogen) atoms. The van der Waals surface area contributed by atoms with Gasteiger partial charge < -0.3 is 5.32 Å². The van der Waals surface area contributed by atoms with E-state index in [2.05, 4.69) is 21.2 Å². The van der Waals surface area contributed by atoms with Crippen LogP contribution in [0, 0.1) is 11.7 Å². The molecule has 0 unspecified atom stereocenters. The van der Waals surface area contributed by atoms with E-state index in [0.29, 0.717) is 23.6 Å². The van der Waals surface area contributed by atoms with Crippen molar-refractivity contribution >= 4 is 60.7 Å². The zero-order valence-corrected chi connectivity index (χ0v) is 19.1. The quantitative estimate of drug-likeness (QED) is 0.594. The van der Waals surface area contributed by atoms with E-state index in [4.69, 9.17) is 23.2 Å². The standard InChI is InChI=1S/C19H18BrCl2FN2O3S/c20-15-5-4-13(10-17(15)22)24-19(26)12-6-8-25(9-7-12)29(27,28)11-14-16(21)2-1-3-18(14)23/h1-5,10,12H,6-9,11H2,(H,24,26). The van der Waals surface area contributed by atoms with Crippen LogP contribution in [0.3, 0.4) is 0 Å². The summed E-state index contributed by atoms with van der Waals surface area (Å²) in [4.78, 5) is 12.5. The van der Waals surface area contributed by atoms with E-state index in [0.717, 1.165) is 4.47 Å². The molecule has 0 atom stereocenters. The van der Waals surface area contributed by atoms with Crippen molar-refractivity contribution in [3.63, 3.8) is 0 Å². The third kappa shape index (κ3) is 5.49. The van der Waals surface area contributed by atoms with Crippen molar-refractivity contribution in [1.82, 2.24) is 4.31 Å². The predicted molar refractivity (Wildman–Crippen MR) is 116 cm³/mol. The number of nitrogens with zero attached hydrogens (tertiary/aromatic N) is 1. The predicted octanol–water partition coefficient (Wildman–Crippen LogP) is 5.08. The van der Waals surface area contributed by atoms with Gasteiger partial charge in [0.15, 0.2) is 0 Å². The first kappa shape index (κ1) is 22.5. The lowest BCUT2D eigenvalue weighted by atomic mass is 9.97. The van der Waals surface area contributed by atoms with E-state index in [1.807, 2.05) is 0 Å². The maximum atomic E-state index is 13.9. The minimum absolute atomic E-state index is 0.0406. The average molecular weight is 524 g/mol. The molecule has 2 aromatic rings. The Hall–Kier alpha value is -1.19. The van der Waals surface area contributed by atoms with Crippen LogP contribution in [-0.4, -0.2) is 31.7 Å². The number of amides is 1. The highest BCUT2D eigenvalue weighted by molar-refractivity contribution is 9.10. The highest BCUT2D eigenvalue weighted by Crippen LogP contribution is 2.28. The molecule has 0 radical (unpaired) electrons. The summed E-state index contributed by atoms with van der Waals surface area (Å²) in [5.74, 6) is -1.66. The van der Waals surface area contributed by atoms with Crippen molar-refractivity contribution < 1.29 is 17.6 Å². The zero-order chi connectivity index (χ0) is 21.2. The minimum atomic E-state index is -3.75. The van der Waals surface area contributed by atoms with Crippen LogP contribution in [-0.2, 0) is 20.6 Å². The van der Waals surface area contributed by atoms with Crippen LogP contribution in [0.25, 0.3) is 0 Å². The zero-order valence-electron chi connectivity index (χ0n) is 15.2. The van der Waals surface area contributed by atoms with Crippen LogP contribution in [0.4, 0.5) is 10.1 Å². The molecule has 156 valence electrons. The number of carbonyl (C=O) groups excluding carboxylic acids is 1. The summed E-state index contributed by atoms with van der Waals surface area (Å²) in [6.45, 7) is 0.376. The molecule has 1 aliphatic rings. The molecule has 0 aliphatic carbocycles. The first-order chi connectivity index (χ1) is 13.7. The third-order valence-electron chi connectivity index (χ3n) is 4.79. The van der Waals surface area contributed by atoms with E-state index in [1.165, 1.54) is 22.5 Å². The molecular formula is C19H18BrCl2FN2O3S. The second-order valence-electron chi connectivity index (χ2n) is 6.75. The van der Waals surface area contributed by atoms with Crippen molar-refractivity contribution in [3.8, 4) is 0 Å². The van der Waals surface area contributed by atoms with Gasteiger partial charge in [-0.05, 0) is 59.1 Å². The van der Waals surface area contributed by atoms with Gasteiger partial charge in [-0.25, -0.2) is 17.1 Å². The molecule has 1 heterocycles. The number of carbonyl (C=O) groups is 1. The summed E-state index contributed by atoms with van der Waals surface area (Å²) < 4.78 is 41.3. The van der Waals surface area contributed by atoms with Gasteiger partial charge >= 0.3 is 0 Å². The number of nitrogens with one attached hydrogen (secondary N) is 1. The van der Waals surface area contributed by atoms with Gasteiger partial charge in [0.2, 0.25) is 15.9 Å². The summed E-state index contributed by atoms with van der Waals surface area (Å²) in [6, 6.07) is 9.17. The molecule has 1 aliphatic heterocycles. The van der Waals surface area contributed by atoms with Gasteiger partial charge in [0.05, 0.1) is 10.8 Å². The number of rotatable bonds is 5. The summed E-state index contributed by atoms with van der Waals surface area (Å²) in [5, 5.41) is 3.37. The Kier molecular flexibility index (Phi) is 7.22. The summed E-state index contributed by atoms with van der Waals surface area (Å²) in [6.07, 6.45) is 0.751. The normalized spacial score (nSPS) is 16.0. The Morgan fingerprint density at radius 1 is 1.17 bits per heavy atom. The van der Waals surface area contributed by atoms with Gasteiger partial charge in [-0.15, -0.1) is 0 Å². The largest absolute Gasteiger partial charge is 0.326 e. The van der Waals surface area contributed by atoms with Crippen LogP contribution in [0.2, 0.25) is 10.0 Å². The van der Waals surface area contributed by atoms with Crippen molar-refractivity contribution in [2.45, 2.75) is 18.6 Å². The molecule has 1 amide bonds. The molecule has 0 saturated carbocycles. The molecule has 1 fully saturated rings. The Bertz CT molecular complexity index is 1010. The van der Waals surface area contributed by atoms with Crippen molar-refractivity contribution in [2.24, 2.45) is 5.92 Å². The fourth-order valence-corrected chi connectivity index (χ4v) is 5.50. The van der Waals surface area contributed by atoms with Crippen LogP contribution in [0.15, 0.2) is 40.9 Å². The number of halogens is 4. The second kappa shape index (κ2) is 9.31. The van der Waals surface area contributed by atoms with Gasteiger partial charge in [0, 0.05) is 39.8 Å². The molecule has 5 nitrogen and oxygen atoms in total. The number of sulfonamides is 1. The molecule has 10 heteroatoms. The van der Waals surface area contributed by atoms with Crippen LogP contribution < -0.4 is 5.32 Å². The molecule has 3 rings (SSSR count). The van der Waals surface area contributed by atoms with E-state index in [9.17, 15) is 17.6 Å². The highest BCUT2D eigenvalue weighted by Gasteiger charge is 2.32. The second-order valence-corrected chi connectivity index (χ2v) is 10.4. The van der Waals surface area contributed by atoms with Gasteiger partial charge in [-0.1, -0.05) is 29.3 Å². The first-order valence-electron chi connectivity index (χ1n) is 8.84. The third-order valence-corrected chi connectivity index (χ3v) is 8.19. The lowest BCUT2D eigenvalue weighted by Gasteiger charge is -2.30. The SMILES string of the molecule is O=C(Nc1ccc(Br)c(Cl)c1)C1CCN(S(=O)(=O)Cc2c(F)cccc2Cl)CC1. The van der Waals surface area contributed by atoms with Crippen LogP contribution in [0.1, 0.15) is 18.4 Å². The van der Waals surface area contributed by atoms with Gasteiger partial charge in [0.25, 0.3) is 0 Å². The number of hydrogen-bond acceptors (Lipinski definition) is 3. The Morgan fingerprint density at radius 2 is 1.86 bits per heavy atom. The molecule has 1 saturated heterocycles. The maximum Gasteiger partial charge on any atom is 0.227 e. The van der Waals surface area contributed by atoms with Crippen LogP contribution >= 0.6 is 39.1 Å². The van der Waals surface area contributed by atoms with Crippen LogP contribution in [0.5, 0.6) is 0 Å². The van der Waals surface area contributed by atoms with Crippen molar-refractivity contribution in [3.05, 3.63) is 62.3 Å². The monoisotopic (exact) mass is 522 g/mol. The topological polar surface area (TPSA) is 66.5 Å². The van der Waals surface area contributed by atoms with Gasteiger partial charge in [0.1, 0.15) is 5.82 Å². The number of benzene rings is 2. The fourth-order valence-electron chi connectivity index (χ4n) is 3.16. The lowest BCUT2D eigenvalue weighted by molar-refractivity contribution is -0.120. The molecular weight excluding hydrogens is 506 g/mol. The van der Waals surface area contributed by atoms with Crippen molar-refractivity contribution in [2.75, 3.05) is 18.4 Å². The first-order valence-corrected chi connectivity index (χ1v) is 12.0. The summed E-state index contributed by atoms with van der Waals surface area (Å²) >= 11 is 15.3. The molecule has 2 aromatic carbocycles. The number of piperidine rings is 1. The molecule has 0 bridgehead atoms. The lowest BCUT2D eigenvalue weighted by Crippen LogP contribution is -2.42. The smallest absolute Gasteiger partial charge is 0.227 e. The maximum absolute atomic E-state index is 13.9. The van der Waals surface area contributed by atoms with E-state index < -0.39 is 21.6 Å².